The Bertz CT molecular complexity index is 164. The third-order valence-electron chi connectivity index (χ3n) is 3.35. The van der Waals surface area contributed by atoms with Crippen molar-refractivity contribution in [2.24, 2.45) is 5.73 Å². The minimum Gasteiger partial charge on any atom is -0.378 e. The van der Waals surface area contributed by atoms with Crippen LogP contribution >= 0.6 is 0 Å². The second kappa shape index (κ2) is 5.10. The van der Waals surface area contributed by atoms with Crippen LogP contribution in [0.5, 0.6) is 0 Å². The molecular formula is C11H22N2O. The van der Waals surface area contributed by atoms with Crippen LogP contribution in [-0.4, -0.2) is 43.3 Å². The maximum absolute atomic E-state index is 5.86. The average Bonchev–Trinajstić information content (AvgIpc) is 2.63. The average molecular weight is 198 g/mol. The van der Waals surface area contributed by atoms with Gasteiger partial charge in [0.2, 0.25) is 0 Å². The van der Waals surface area contributed by atoms with Crippen LogP contribution in [0.1, 0.15) is 32.1 Å². The molecule has 0 aromatic carbocycles. The van der Waals surface area contributed by atoms with Gasteiger partial charge in [-0.05, 0) is 38.6 Å². The van der Waals surface area contributed by atoms with Gasteiger partial charge in [0, 0.05) is 25.7 Å². The van der Waals surface area contributed by atoms with Crippen molar-refractivity contribution >= 4 is 0 Å². The van der Waals surface area contributed by atoms with E-state index < -0.39 is 0 Å². The molecule has 3 heteroatoms. The predicted octanol–water partition coefficient (Wildman–Crippen LogP) is 0.979. The Hall–Kier alpha value is -0.120. The SMILES string of the molecule is NC1CCN(CCC2CCCCO2)C1. The quantitative estimate of drug-likeness (QED) is 0.734. The molecule has 0 radical (unpaired) electrons. The zero-order chi connectivity index (χ0) is 9.80. The summed E-state index contributed by atoms with van der Waals surface area (Å²) in [6, 6.07) is 0.419. The minimum atomic E-state index is 0.419. The Morgan fingerprint density at radius 3 is 2.86 bits per heavy atom. The maximum atomic E-state index is 5.86. The van der Waals surface area contributed by atoms with Gasteiger partial charge in [0.25, 0.3) is 0 Å². The molecule has 0 bridgehead atoms. The summed E-state index contributed by atoms with van der Waals surface area (Å²) < 4.78 is 5.71. The number of rotatable bonds is 3. The molecule has 0 aromatic rings. The van der Waals surface area contributed by atoms with Crippen molar-refractivity contribution in [3.8, 4) is 0 Å². The number of hydrogen-bond acceptors (Lipinski definition) is 3. The molecule has 0 amide bonds. The van der Waals surface area contributed by atoms with Crippen molar-refractivity contribution in [1.29, 1.82) is 0 Å². The number of nitrogens with two attached hydrogens (primary N) is 1. The molecule has 2 heterocycles. The molecule has 2 atom stereocenters. The fraction of sp³-hybridized carbons (Fsp3) is 1.00. The molecule has 2 rings (SSSR count). The highest BCUT2D eigenvalue weighted by Gasteiger charge is 2.20. The lowest BCUT2D eigenvalue weighted by Gasteiger charge is -2.24. The molecule has 2 fully saturated rings. The normalized spacial score (nSPS) is 34.9. The second-order valence-corrected chi connectivity index (χ2v) is 4.63. The van der Waals surface area contributed by atoms with Gasteiger partial charge in [0.05, 0.1) is 6.10 Å². The van der Waals surface area contributed by atoms with Crippen molar-refractivity contribution in [2.45, 2.75) is 44.2 Å². The van der Waals surface area contributed by atoms with Gasteiger partial charge in [0.1, 0.15) is 0 Å². The van der Waals surface area contributed by atoms with Crippen molar-refractivity contribution in [3.63, 3.8) is 0 Å². The van der Waals surface area contributed by atoms with Gasteiger partial charge in [-0.3, -0.25) is 0 Å². The zero-order valence-corrected chi connectivity index (χ0v) is 8.95. The Morgan fingerprint density at radius 1 is 1.29 bits per heavy atom. The summed E-state index contributed by atoms with van der Waals surface area (Å²) in [6.07, 6.45) is 6.77. The summed E-state index contributed by atoms with van der Waals surface area (Å²) in [6.45, 7) is 4.43. The highest BCUT2D eigenvalue weighted by Crippen LogP contribution is 2.17. The Balaban J connectivity index is 1.61. The number of hydrogen-bond donors (Lipinski definition) is 1. The molecule has 0 spiro atoms. The maximum Gasteiger partial charge on any atom is 0.0587 e. The van der Waals surface area contributed by atoms with Crippen LogP contribution in [0.15, 0.2) is 0 Å². The topological polar surface area (TPSA) is 38.5 Å². The molecular weight excluding hydrogens is 176 g/mol. The first-order chi connectivity index (χ1) is 6.84. The van der Waals surface area contributed by atoms with E-state index in [4.69, 9.17) is 10.5 Å². The second-order valence-electron chi connectivity index (χ2n) is 4.63. The smallest absolute Gasteiger partial charge is 0.0587 e. The standard InChI is InChI=1S/C11H22N2O/c12-10-4-6-13(9-10)7-5-11-3-1-2-8-14-11/h10-11H,1-9,12H2. The van der Waals surface area contributed by atoms with E-state index in [0.717, 1.165) is 13.2 Å². The monoisotopic (exact) mass is 198 g/mol. The van der Waals surface area contributed by atoms with Crippen LogP contribution in [-0.2, 0) is 4.74 Å². The fourth-order valence-corrected chi connectivity index (χ4v) is 2.43. The first-order valence-electron chi connectivity index (χ1n) is 5.94. The van der Waals surface area contributed by atoms with E-state index in [2.05, 4.69) is 4.90 Å². The van der Waals surface area contributed by atoms with Crippen molar-refractivity contribution in [2.75, 3.05) is 26.2 Å². The van der Waals surface area contributed by atoms with E-state index >= 15 is 0 Å². The highest BCUT2D eigenvalue weighted by atomic mass is 16.5. The van der Waals surface area contributed by atoms with Crippen LogP contribution in [0.25, 0.3) is 0 Å². The lowest BCUT2D eigenvalue weighted by atomic mass is 10.1. The number of ether oxygens (including phenoxy) is 1. The number of likely N-dealkylation sites (tertiary alicyclic amines) is 1. The third-order valence-corrected chi connectivity index (χ3v) is 3.35. The fourth-order valence-electron chi connectivity index (χ4n) is 2.43. The summed E-state index contributed by atoms with van der Waals surface area (Å²) in [5.41, 5.74) is 5.86. The largest absolute Gasteiger partial charge is 0.378 e. The van der Waals surface area contributed by atoms with Crippen LogP contribution in [0.4, 0.5) is 0 Å². The van der Waals surface area contributed by atoms with E-state index in [1.807, 2.05) is 0 Å². The van der Waals surface area contributed by atoms with Crippen LogP contribution in [0.2, 0.25) is 0 Å². The van der Waals surface area contributed by atoms with Crippen LogP contribution < -0.4 is 5.73 Å². The molecule has 2 aliphatic heterocycles. The van der Waals surface area contributed by atoms with Gasteiger partial charge in [-0.25, -0.2) is 0 Å². The molecule has 2 aliphatic rings. The number of nitrogens with zero attached hydrogens (tertiary/aromatic N) is 1. The lowest BCUT2D eigenvalue weighted by molar-refractivity contribution is 0.00660. The lowest BCUT2D eigenvalue weighted by Crippen LogP contribution is -2.30. The van der Waals surface area contributed by atoms with E-state index in [-0.39, 0.29) is 0 Å². The molecule has 3 nitrogen and oxygen atoms in total. The Labute approximate surface area is 86.6 Å². The summed E-state index contributed by atoms with van der Waals surface area (Å²) in [7, 11) is 0. The molecule has 0 aliphatic carbocycles. The molecule has 82 valence electrons. The molecule has 2 unspecified atom stereocenters. The summed E-state index contributed by atoms with van der Waals surface area (Å²) in [4.78, 5) is 2.47. The van der Waals surface area contributed by atoms with Gasteiger partial charge in [-0.2, -0.15) is 0 Å². The summed E-state index contributed by atoms with van der Waals surface area (Å²) >= 11 is 0. The molecule has 14 heavy (non-hydrogen) atoms. The first-order valence-corrected chi connectivity index (χ1v) is 5.94. The summed E-state index contributed by atoms with van der Waals surface area (Å²) in [5, 5.41) is 0. The predicted molar refractivity (Wildman–Crippen MR) is 57.2 cm³/mol. The molecule has 2 saturated heterocycles. The molecule has 2 N–H and O–H groups in total. The van der Waals surface area contributed by atoms with E-state index in [9.17, 15) is 0 Å². The Kier molecular flexibility index (Phi) is 3.79. The molecule has 0 saturated carbocycles. The minimum absolute atomic E-state index is 0.419. The van der Waals surface area contributed by atoms with Gasteiger partial charge in [-0.15, -0.1) is 0 Å². The van der Waals surface area contributed by atoms with Crippen molar-refractivity contribution < 1.29 is 4.74 Å². The van der Waals surface area contributed by atoms with Gasteiger partial charge >= 0.3 is 0 Å². The van der Waals surface area contributed by atoms with Gasteiger partial charge in [-0.1, -0.05) is 0 Å². The van der Waals surface area contributed by atoms with E-state index in [1.54, 1.807) is 0 Å². The third kappa shape index (κ3) is 2.94. The van der Waals surface area contributed by atoms with Crippen molar-refractivity contribution in [1.82, 2.24) is 4.90 Å². The first kappa shape index (κ1) is 10.4. The summed E-state index contributed by atoms with van der Waals surface area (Å²) in [5.74, 6) is 0. The van der Waals surface area contributed by atoms with Crippen molar-refractivity contribution in [3.05, 3.63) is 0 Å². The van der Waals surface area contributed by atoms with Crippen LogP contribution in [0, 0.1) is 0 Å². The Morgan fingerprint density at radius 2 is 2.21 bits per heavy atom. The molecule has 0 aromatic heterocycles. The van der Waals surface area contributed by atoms with Gasteiger partial charge < -0.3 is 15.4 Å². The van der Waals surface area contributed by atoms with Crippen LogP contribution in [0.3, 0.4) is 0 Å². The van der Waals surface area contributed by atoms with E-state index in [0.29, 0.717) is 12.1 Å². The van der Waals surface area contributed by atoms with E-state index in [1.165, 1.54) is 45.2 Å². The zero-order valence-electron chi connectivity index (χ0n) is 8.95. The van der Waals surface area contributed by atoms with Gasteiger partial charge in [0.15, 0.2) is 0 Å². The highest BCUT2D eigenvalue weighted by molar-refractivity contribution is 4.78.